The molecule has 0 aliphatic rings. The van der Waals surface area contributed by atoms with Crippen LogP contribution in [0.2, 0.25) is 0 Å². The molecule has 0 rings (SSSR count). The first-order valence-electron chi connectivity index (χ1n) is 3.57. The molecule has 0 spiro atoms. The van der Waals surface area contributed by atoms with Gasteiger partial charge in [-0.15, -0.1) is 0 Å². The van der Waals surface area contributed by atoms with E-state index in [-0.39, 0.29) is 11.5 Å². The largest absolute Gasteiger partial charge is 0.299 e. The lowest BCUT2D eigenvalue weighted by Gasteiger charge is -1.95. The predicted octanol–water partition coefficient (Wildman–Crippen LogP) is 1.12. The van der Waals surface area contributed by atoms with Gasteiger partial charge in [-0.2, -0.15) is 0 Å². The molecule has 0 saturated carbocycles. The minimum atomic E-state index is -0.908. The summed E-state index contributed by atoms with van der Waals surface area (Å²) in [5.74, 6) is 0.975. The summed E-state index contributed by atoms with van der Waals surface area (Å²) >= 11 is 0. The lowest BCUT2D eigenvalue weighted by atomic mass is 10.3. The van der Waals surface area contributed by atoms with Crippen molar-refractivity contribution < 1.29 is 9.00 Å². The zero-order chi connectivity index (χ0) is 7.98. The van der Waals surface area contributed by atoms with Gasteiger partial charge in [-0.3, -0.25) is 9.00 Å². The molecular weight excluding hydrogens is 148 g/mol. The molecule has 0 saturated heterocycles. The molecule has 2 nitrogen and oxygen atoms in total. The highest BCUT2D eigenvalue weighted by atomic mass is 32.2. The van der Waals surface area contributed by atoms with E-state index in [1.807, 2.05) is 13.8 Å². The molecule has 0 aromatic carbocycles. The van der Waals surface area contributed by atoms with Crippen molar-refractivity contribution in [2.24, 2.45) is 0 Å². The van der Waals surface area contributed by atoms with Crippen LogP contribution in [0.1, 0.15) is 26.7 Å². The van der Waals surface area contributed by atoms with Crippen LogP contribution in [0, 0.1) is 0 Å². The van der Waals surface area contributed by atoms with E-state index in [9.17, 15) is 9.00 Å². The Morgan fingerprint density at radius 2 is 2.00 bits per heavy atom. The Balaban J connectivity index is 3.47. The summed E-state index contributed by atoms with van der Waals surface area (Å²) in [5.41, 5.74) is 0. The monoisotopic (exact) mass is 162 g/mol. The van der Waals surface area contributed by atoms with Gasteiger partial charge in [-0.25, -0.2) is 0 Å². The van der Waals surface area contributed by atoms with E-state index < -0.39 is 10.8 Å². The fourth-order valence-corrected chi connectivity index (χ4v) is 1.34. The highest BCUT2D eigenvalue weighted by molar-refractivity contribution is 7.85. The van der Waals surface area contributed by atoms with Crippen molar-refractivity contribution in [2.45, 2.75) is 26.7 Å². The second-order valence-corrected chi connectivity index (χ2v) is 3.91. The molecule has 3 heteroatoms. The molecule has 0 aliphatic heterocycles. The van der Waals surface area contributed by atoms with Crippen LogP contribution in [-0.2, 0) is 15.6 Å². The number of carbonyl (C=O) groups is 1. The molecule has 0 aromatic rings. The summed E-state index contributed by atoms with van der Waals surface area (Å²) in [7, 11) is -0.908. The zero-order valence-corrected chi connectivity index (χ0v) is 7.37. The number of Topliss-reactive ketones (excluding diaryl/α,β-unsaturated/α-hetero) is 1. The smallest absolute Gasteiger partial charge is 0.145 e. The molecule has 0 amide bonds. The maximum absolute atomic E-state index is 10.8. The standard InChI is InChI=1S/C7H14O2S/c1-3-5-7(8)6-10(9)4-2/h3-6H2,1-2H3. The topological polar surface area (TPSA) is 34.1 Å². The molecule has 0 aliphatic carbocycles. The average Bonchev–Trinajstić information content (AvgIpc) is 1.88. The second kappa shape index (κ2) is 5.59. The van der Waals surface area contributed by atoms with Crippen LogP contribution in [0.3, 0.4) is 0 Å². The van der Waals surface area contributed by atoms with Gasteiger partial charge in [0.05, 0.1) is 5.75 Å². The van der Waals surface area contributed by atoms with Crippen LogP contribution in [-0.4, -0.2) is 21.5 Å². The number of ketones is 1. The quantitative estimate of drug-likeness (QED) is 0.607. The Hall–Kier alpha value is -0.180. The maximum atomic E-state index is 10.8. The van der Waals surface area contributed by atoms with Crippen molar-refractivity contribution in [2.75, 3.05) is 11.5 Å². The minimum Gasteiger partial charge on any atom is -0.299 e. The molecule has 0 heterocycles. The molecule has 0 fully saturated rings. The third-order valence-electron chi connectivity index (χ3n) is 1.17. The Bertz CT molecular complexity index is 132. The summed E-state index contributed by atoms with van der Waals surface area (Å²) in [4.78, 5) is 10.8. The average molecular weight is 162 g/mol. The molecular formula is C7H14O2S. The van der Waals surface area contributed by atoms with Crippen molar-refractivity contribution in [1.82, 2.24) is 0 Å². The third kappa shape index (κ3) is 4.68. The van der Waals surface area contributed by atoms with Crippen molar-refractivity contribution in [3.8, 4) is 0 Å². The summed E-state index contributed by atoms with van der Waals surface area (Å²) in [6.07, 6.45) is 1.44. The molecule has 0 radical (unpaired) electrons. The summed E-state index contributed by atoms with van der Waals surface area (Å²) in [5, 5.41) is 0. The van der Waals surface area contributed by atoms with Gasteiger partial charge in [0.25, 0.3) is 0 Å². The lowest BCUT2D eigenvalue weighted by molar-refractivity contribution is -0.116. The number of carbonyl (C=O) groups excluding carboxylic acids is 1. The fourth-order valence-electron chi connectivity index (χ4n) is 0.633. The fraction of sp³-hybridized carbons (Fsp3) is 0.857. The van der Waals surface area contributed by atoms with Crippen molar-refractivity contribution in [3.05, 3.63) is 0 Å². The molecule has 1 unspecified atom stereocenters. The van der Waals surface area contributed by atoms with Crippen LogP contribution < -0.4 is 0 Å². The molecule has 0 bridgehead atoms. The van der Waals surface area contributed by atoms with Gasteiger partial charge in [0, 0.05) is 23.0 Å². The third-order valence-corrected chi connectivity index (χ3v) is 2.46. The minimum absolute atomic E-state index is 0.127. The number of rotatable bonds is 5. The SMILES string of the molecule is CCCC(=O)CS(=O)CC. The van der Waals surface area contributed by atoms with E-state index in [0.29, 0.717) is 12.2 Å². The van der Waals surface area contributed by atoms with Crippen molar-refractivity contribution >= 4 is 16.6 Å². The Kier molecular flexibility index (Phi) is 5.49. The van der Waals surface area contributed by atoms with Crippen LogP contribution in [0.5, 0.6) is 0 Å². The van der Waals surface area contributed by atoms with Gasteiger partial charge < -0.3 is 0 Å². The van der Waals surface area contributed by atoms with E-state index in [2.05, 4.69) is 0 Å². The maximum Gasteiger partial charge on any atom is 0.145 e. The second-order valence-electron chi connectivity index (χ2n) is 2.16. The van der Waals surface area contributed by atoms with Crippen molar-refractivity contribution in [3.63, 3.8) is 0 Å². The van der Waals surface area contributed by atoms with Crippen LogP contribution in [0.25, 0.3) is 0 Å². The molecule has 10 heavy (non-hydrogen) atoms. The summed E-state index contributed by atoms with van der Waals surface area (Å²) in [6.45, 7) is 3.78. The van der Waals surface area contributed by atoms with Crippen molar-refractivity contribution in [1.29, 1.82) is 0 Å². The van der Waals surface area contributed by atoms with E-state index in [1.165, 1.54) is 0 Å². The number of hydrogen-bond donors (Lipinski definition) is 0. The predicted molar refractivity (Wildman–Crippen MR) is 43.5 cm³/mol. The number of hydrogen-bond acceptors (Lipinski definition) is 2. The molecule has 1 atom stereocenters. The molecule has 60 valence electrons. The molecule has 0 N–H and O–H groups in total. The van der Waals surface area contributed by atoms with Gasteiger partial charge in [0.1, 0.15) is 5.78 Å². The first kappa shape index (κ1) is 9.82. The van der Waals surface area contributed by atoms with Gasteiger partial charge in [0.2, 0.25) is 0 Å². The summed E-state index contributed by atoms with van der Waals surface area (Å²) in [6, 6.07) is 0. The highest BCUT2D eigenvalue weighted by Gasteiger charge is 2.03. The molecule has 0 aromatic heterocycles. The first-order valence-corrected chi connectivity index (χ1v) is 5.06. The van der Waals surface area contributed by atoms with Gasteiger partial charge in [0.15, 0.2) is 0 Å². The van der Waals surface area contributed by atoms with Gasteiger partial charge in [-0.05, 0) is 6.42 Å². The van der Waals surface area contributed by atoms with E-state index in [0.717, 1.165) is 6.42 Å². The summed E-state index contributed by atoms with van der Waals surface area (Å²) < 4.78 is 10.8. The van der Waals surface area contributed by atoms with Crippen LogP contribution in [0.4, 0.5) is 0 Å². The highest BCUT2D eigenvalue weighted by Crippen LogP contribution is 1.91. The van der Waals surface area contributed by atoms with Crippen LogP contribution >= 0.6 is 0 Å². The Morgan fingerprint density at radius 1 is 1.40 bits per heavy atom. The van der Waals surface area contributed by atoms with Crippen LogP contribution in [0.15, 0.2) is 0 Å². The zero-order valence-electron chi connectivity index (χ0n) is 6.55. The van der Waals surface area contributed by atoms with E-state index >= 15 is 0 Å². The lowest BCUT2D eigenvalue weighted by Crippen LogP contribution is -2.10. The normalized spacial score (nSPS) is 13.0. The first-order chi connectivity index (χ1) is 4.70. The Labute approximate surface area is 64.5 Å². The van der Waals surface area contributed by atoms with E-state index in [1.54, 1.807) is 0 Å². The van der Waals surface area contributed by atoms with Gasteiger partial charge >= 0.3 is 0 Å². The van der Waals surface area contributed by atoms with E-state index in [4.69, 9.17) is 0 Å². The van der Waals surface area contributed by atoms with Gasteiger partial charge in [-0.1, -0.05) is 13.8 Å². The Morgan fingerprint density at radius 3 is 2.40 bits per heavy atom.